The molecule has 15 heteroatoms. The number of aromatic nitrogens is 2. The van der Waals surface area contributed by atoms with E-state index in [2.05, 4.69) is 11.1 Å². The molecule has 1 aromatic heterocycles. The van der Waals surface area contributed by atoms with Crippen molar-refractivity contribution in [2.45, 2.75) is 84.6 Å². The first kappa shape index (κ1) is 33.5. The normalized spacial score (nSPS) is 22.8. The lowest BCUT2D eigenvalue weighted by Crippen LogP contribution is -2.41. The van der Waals surface area contributed by atoms with Gasteiger partial charge in [-0.05, 0) is 47.6 Å². The number of nitrogens with zero attached hydrogens (tertiary/aromatic N) is 3. The van der Waals surface area contributed by atoms with Crippen LogP contribution in [0.15, 0.2) is 33.7 Å². The van der Waals surface area contributed by atoms with Crippen LogP contribution in [0, 0.1) is 11.3 Å². The molecule has 0 aliphatic carbocycles. The van der Waals surface area contributed by atoms with Crippen LogP contribution in [0.2, 0.25) is 0 Å². The maximum Gasteiger partial charge on any atom is 0.353 e. The van der Waals surface area contributed by atoms with Gasteiger partial charge in [-0.3, -0.25) is 18.9 Å². The van der Waals surface area contributed by atoms with Gasteiger partial charge in [0.25, 0.3) is 14.1 Å². The quantitative estimate of drug-likeness (QED) is 0.220. The molecule has 0 aromatic carbocycles. The summed E-state index contributed by atoms with van der Waals surface area (Å²) in [5, 5.41) is 9.05. The van der Waals surface area contributed by atoms with Crippen molar-refractivity contribution in [2.75, 3.05) is 26.9 Å². The van der Waals surface area contributed by atoms with Crippen molar-refractivity contribution in [1.29, 1.82) is 5.26 Å². The zero-order chi connectivity index (χ0) is 29.2. The SMILES string of the molecule is CCOP(=O)(/C=C/[C@H]1O[C@@H](n2ccc(=O)[nH]c2=O)C(OC)[C@H]1OP(OCCC#N)N(C(C)C)C(C)C)OCC. The first-order valence-electron chi connectivity index (χ1n) is 12.8. The highest BCUT2D eigenvalue weighted by molar-refractivity contribution is 7.57. The van der Waals surface area contributed by atoms with Gasteiger partial charge in [-0.2, -0.15) is 5.26 Å². The minimum Gasteiger partial charge on any atom is -0.374 e. The lowest BCUT2D eigenvalue weighted by Gasteiger charge is -2.38. The third-order valence-corrected chi connectivity index (χ3v) is 9.47. The number of methoxy groups -OCH3 is 1. The molecular weight excluding hydrogens is 550 g/mol. The second-order valence-corrected chi connectivity index (χ2v) is 12.3. The topological polar surface area (TPSA) is 154 Å². The maximum atomic E-state index is 13.1. The summed E-state index contributed by atoms with van der Waals surface area (Å²) in [6, 6.07) is 3.33. The molecule has 1 N–H and O–H groups in total. The number of H-pyrrole nitrogens is 1. The van der Waals surface area contributed by atoms with Crippen LogP contribution in [-0.2, 0) is 32.1 Å². The number of hydrogen-bond donors (Lipinski definition) is 1. The zero-order valence-corrected chi connectivity index (χ0v) is 25.3. The molecule has 2 unspecified atom stereocenters. The predicted molar refractivity (Wildman–Crippen MR) is 146 cm³/mol. The molecule has 1 aliphatic rings. The Morgan fingerprint density at radius 3 is 2.36 bits per heavy atom. The molecule has 0 saturated carbocycles. The number of hydrogen-bond acceptors (Lipinski definition) is 11. The summed E-state index contributed by atoms with van der Waals surface area (Å²) >= 11 is 0. The number of ether oxygens (including phenoxy) is 2. The van der Waals surface area contributed by atoms with E-state index >= 15 is 0 Å². The maximum absolute atomic E-state index is 13.1. The summed E-state index contributed by atoms with van der Waals surface area (Å²) in [5.74, 6) is 1.31. The van der Waals surface area contributed by atoms with E-state index in [1.165, 1.54) is 35.8 Å². The lowest BCUT2D eigenvalue weighted by molar-refractivity contribution is -0.0482. The Kier molecular flexibility index (Phi) is 13.7. The van der Waals surface area contributed by atoms with Crippen molar-refractivity contribution in [1.82, 2.24) is 14.2 Å². The van der Waals surface area contributed by atoms with Gasteiger partial charge in [-0.25, -0.2) is 9.46 Å². The molecule has 2 rings (SSSR count). The van der Waals surface area contributed by atoms with E-state index in [0.29, 0.717) is 0 Å². The lowest BCUT2D eigenvalue weighted by atomic mass is 10.1. The van der Waals surface area contributed by atoms with E-state index in [-0.39, 0.29) is 38.3 Å². The van der Waals surface area contributed by atoms with E-state index in [4.69, 9.17) is 32.8 Å². The summed E-state index contributed by atoms with van der Waals surface area (Å²) in [5.41, 5.74) is -1.24. The molecule has 0 bridgehead atoms. The van der Waals surface area contributed by atoms with Gasteiger partial charge in [-0.15, -0.1) is 0 Å². The molecular formula is C24H40N4O9P2. The van der Waals surface area contributed by atoms with Crippen molar-refractivity contribution in [3.05, 3.63) is 45.0 Å². The molecule has 2 heterocycles. The number of aromatic amines is 1. The highest BCUT2D eigenvalue weighted by Gasteiger charge is 2.49. The summed E-state index contributed by atoms with van der Waals surface area (Å²) in [4.78, 5) is 26.5. The molecule has 0 spiro atoms. The second kappa shape index (κ2) is 15.9. The van der Waals surface area contributed by atoms with Gasteiger partial charge in [0.15, 0.2) is 6.23 Å². The fraction of sp³-hybridized carbons (Fsp3) is 0.708. The Bertz CT molecular complexity index is 1120. The molecule has 1 fully saturated rings. The summed E-state index contributed by atoms with van der Waals surface area (Å²) in [7, 11) is -3.86. The Labute approximate surface area is 230 Å². The average Bonchev–Trinajstić information content (AvgIpc) is 3.19. The van der Waals surface area contributed by atoms with Crippen LogP contribution in [0.25, 0.3) is 0 Å². The van der Waals surface area contributed by atoms with Crippen LogP contribution in [0.4, 0.5) is 0 Å². The Morgan fingerprint density at radius 1 is 1.21 bits per heavy atom. The standard InChI is InChI=1S/C24H40N4O9P2/c1-8-34-39(31,35-9-2)16-12-19-21(37-38(33-15-10-13-25)28(17(3)4)18(5)6)22(32-7)23(36-19)27-14-11-20(29)26-24(27)30/h11-12,14,16-19,21-23H,8-10,15H2,1-7H3,(H,26,29,30)/b16-12+/t19-,21+,22?,23-,38?/m1/s1. The van der Waals surface area contributed by atoms with Gasteiger partial charge >= 0.3 is 13.3 Å². The minimum atomic E-state index is -3.59. The zero-order valence-electron chi connectivity index (χ0n) is 23.5. The molecule has 39 heavy (non-hydrogen) atoms. The third-order valence-electron chi connectivity index (χ3n) is 5.57. The highest BCUT2D eigenvalue weighted by atomic mass is 31.2. The third kappa shape index (κ3) is 9.15. The van der Waals surface area contributed by atoms with E-state index < -0.39 is 51.9 Å². The van der Waals surface area contributed by atoms with Crippen LogP contribution in [0.1, 0.15) is 54.2 Å². The second-order valence-electron chi connectivity index (χ2n) is 9.04. The van der Waals surface area contributed by atoms with Crippen molar-refractivity contribution in [2.24, 2.45) is 0 Å². The first-order chi connectivity index (χ1) is 18.5. The van der Waals surface area contributed by atoms with Gasteiger partial charge in [0.2, 0.25) is 0 Å². The fourth-order valence-corrected chi connectivity index (χ4v) is 7.21. The molecule has 5 atom stereocenters. The van der Waals surface area contributed by atoms with E-state index in [0.717, 1.165) is 0 Å². The summed E-state index contributed by atoms with van der Waals surface area (Å²) in [6.45, 7) is 11.9. The van der Waals surface area contributed by atoms with Gasteiger partial charge in [0.05, 0.1) is 32.3 Å². The molecule has 1 aromatic rings. The van der Waals surface area contributed by atoms with Gasteiger partial charge in [0, 0.05) is 37.3 Å². The highest BCUT2D eigenvalue weighted by Crippen LogP contribution is 2.52. The fourth-order valence-electron chi connectivity index (χ4n) is 4.11. The number of rotatable bonds is 16. The van der Waals surface area contributed by atoms with Crippen LogP contribution in [0.5, 0.6) is 0 Å². The van der Waals surface area contributed by atoms with Crippen LogP contribution in [-0.4, -0.2) is 71.5 Å². The average molecular weight is 591 g/mol. The minimum absolute atomic E-state index is 0.0317. The smallest absolute Gasteiger partial charge is 0.353 e. The molecule has 1 aliphatic heterocycles. The molecule has 220 valence electrons. The Hall–Kier alpha value is -1.71. The van der Waals surface area contributed by atoms with E-state index in [1.54, 1.807) is 13.8 Å². The van der Waals surface area contributed by atoms with E-state index in [1.807, 2.05) is 32.4 Å². The summed E-state index contributed by atoms with van der Waals surface area (Å²) in [6.07, 6.45) is -0.567. The number of nitriles is 1. The summed E-state index contributed by atoms with van der Waals surface area (Å²) < 4.78 is 51.8. The number of nitrogens with one attached hydrogen (secondary N) is 1. The van der Waals surface area contributed by atoms with Crippen LogP contribution >= 0.6 is 16.1 Å². The van der Waals surface area contributed by atoms with Crippen molar-refractivity contribution in [3.8, 4) is 6.07 Å². The molecule has 0 radical (unpaired) electrons. The first-order valence-corrected chi connectivity index (χ1v) is 15.6. The van der Waals surface area contributed by atoms with Crippen molar-refractivity contribution < 1.29 is 32.1 Å². The van der Waals surface area contributed by atoms with Gasteiger partial charge in [0.1, 0.15) is 18.3 Å². The van der Waals surface area contributed by atoms with Crippen LogP contribution < -0.4 is 11.2 Å². The van der Waals surface area contributed by atoms with E-state index in [9.17, 15) is 14.2 Å². The largest absolute Gasteiger partial charge is 0.374 e. The van der Waals surface area contributed by atoms with Gasteiger partial charge in [-0.1, -0.05) is 0 Å². The Balaban J connectivity index is 2.56. The van der Waals surface area contributed by atoms with Crippen LogP contribution in [0.3, 0.4) is 0 Å². The monoisotopic (exact) mass is 590 g/mol. The predicted octanol–water partition coefficient (Wildman–Crippen LogP) is 3.89. The van der Waals surface area contributed by atoms with Crippen molar-refractivity contribution >= 4 is 16.1 Å². The van der Waals surface area contributed by atoms with Gasteiger partial charge < -0.3 is 27.6 Å². The Morgan fingerprint density at radius 2 is 1.85 bits per heavy atom. The van der Waals surface area contributed by atoms with Crippen molar-refractivity contribution in [3.63, 3.8) is 0 Å². The molecule has 13 nitrogen and oxygen atoms in total. The molecule has 0 amide bonds. The molecule has 1 saturated heterocycles.